The number of aromatic nitrogens is 3. The molecule has 0 fully saturated rings. The van der Waals surface area contributed by atoms with Crippen molar-refractivity contribution in [3.63, 3.8) is 0 Å². The van der Waals surface area contributed by atoms with Crippen molar-refractivity contribution in [2.45, 2.75) is 0 Å². The molecular formula is C39H15Br3N6O6. The molecule has 15 heteroatoms. The van der Waals surface area contributed by atoms with Crippen molar-refractivity contribution in [2.24, 2.45) is 0 Å². The van der Waals surface area contributed by atoms with Gasteiger partial charge in [0.05, 0.1) is 0 Å². The third-order valence-corrected chi connectivity index (χ3v) is 11.8. The minimum absolute atomic E-state index is 0.152. The highest BCUT2D eigenvalue weighted by Crippen LogP contribution is 2.40. The van der Waals surface area contributed by atoms with E-state index in [-0.39, 0.29) is 33.4 Å². The molecule has 3 aliphatic rings. The maximum absolute atomic E-state index is 14.3. The molecule has 0 unspecified atom stereocenters. The molecule has 10 rings (SSSR count). The third kappa shape index (κ3) is 4.30. The van der Waals surface area contributed by atoms with Gasteiger partial charge in [-0.3, -0.25) is 28.8 Å². The largest absolute Gasteiger partial charge is 0.268 e. The highest BCUT2D eigenvalue weighted by atomic mass is 79.9. The van der Waals surface area contributed by atoms with Crippen LogP contribution in [0.25, 0.3) is 32.3 Å². The Hall–Kier alpha value is -6.03. The van der Waals surface area contributed by atoms with Crippen LogP contribution in [0.3, 0.4) is 0 Å². The molecule has 0 aliphatic carbocycles. The topological polar surface area (TPSA) is 151 Å². The Morgan fingerprint density at radius 3 is 0.833 bits per heavy atom. The predicted octanol–water partition coefficient (Wildman–Crippen LogP) is 8.02. The Labute approximate surface area is 327 Å². The Bertz CT molecular complexity index is 2640. The van der Waals surface area contributed by atoms with E-state index in [0.29, 0.717) is 60.4 Å². The minimum atomic E-state index is -0.813. The summed E-state index contributed by atoms with van der Waals surface area (Å²) < 4.78 is 1.99. The van der Waals surface area contributed by atoms with Gasteiger partial charge in [-0.25, -0.2) is 14.7 Å². The lowest BCUT2D eigenvalue weighted by Crippen LogP contribution is -2.46. The van der Waals surface area contributed by atoms with Crippen molar-refractivity contribution < 1.29 is 28.8 Å². The standard InChI is InChI=1S/C39H15Br3N6O6/c40-25-13-10-22-28-16(25)4-1-7-19(28)31(49)46(34(22)52)37-43-38(47-32(50)20-8-2-5-17-26(41)14-11-23(29(17)20)35(47)53)45-39(44-37)48-33(51)21-9-3-6-18-27(42)15-12-24(30(18)21)36(48)54/h1-15H. The molecule has 0 atom stereocenters. The van der Waals surface area contributed by atoms with Gasteiger partial charge in [0.2, 0.25) is 17.8 Å². The predicted molar refractivity (Wildman–Crippen MR) is 208 cm³/mol. The second-order valence-corrected chi connectivity index (χ2v) is 15.1. The van der Waals surface area contributed by atoms with Crippen LogP contribution in [0.5, 0.6) is 0 Å². The average Bonchev–Trinajstić information content (AvgIpc) is 3.17. The molecule has 12 nitrogen and oxygen atoms in total. The molecule has 4 heterocycles. The van der Waals surface area contributed by atoms with E-state index in [0.717, 1.165) is 0 Å². The molecule has 6 amide bonds. The van der Waals surface area contributed by atoms with Gasteiger partial charge in [0.25, 0.3) is 35.4 Å². The number of rotatable bonds is 3. The van der Waals surface area contributed by atoms with Gasteiger partial charge in [-0.1, -0.05) is 84.2 Å². The summed E-state index contributed by atoms with van der Waals surface area (Å²) in [6.07, 6.45) is 0. The summed E-state index contributed by atoms with van der Waals surface area (Å²) in [6.45, 7) is 0. The van der Waals surface area contributed by atoms with E-state index in [1.54, 1.807) is 91.0 Å². The van der Waals surface area contributed by atoms with E-state index in [9.17, 15) is 28.8 Å². The van der Waals surface area contributed by atoms with E-state index in [1.165, 1.54) is 0 Å². The second kappa shape index (κ2) is 11.5. The third-order valence-electron chi connectivity index (χ3n) is 9.76. The van der Waals surface area contributed by atoms with Crippen LogP contribution < -0.4 is 14.7 Å². The highest BCUT2D eigenvalue weighted by molar-refractivity contribution is 9.11. The lowest BCUT2D eigenvalue weighted by atomic mass is 9.94. The van der Waals surface area contributed by atoms with Gasteiger partial charge < -0.3 is 0 Å². The molecule has 0 saturated carbocycles. The van der Waals surface area contributed by atoms with Crippen molar-refractivity contribution in [3.8, 4) is 0 Å². The van der Waals surface area contributed by atoms with E-state index in [1.807, 2.05) is 0 Å². The molecule has 0 N–H and O–H groups in total. The molecule has 7 aromatic rings. The van der Waals surface area contributed by atoms with Crippen LogP contribution in [0.15, 0.2) is 104 Å². The first kappa shape index (κ1) is 32.6. The molecule has 258 valence electrons. The van der Waals surface area contributed by atoms with Crippen LogP contribution in [-0.2, 0) is 0 Å². The van der Waals surface area contributed by atoms with Gasteiger partial charge in [0, 0.05) is 63.0 Å². The van der Waals surface area contributed by atoms with E-state index < -0.39 is 53.3 Å². The molecule has 1 aromatic heterocycles. The maximum atomic E-state index is 14.3. The van der Waals surface area contributed by atoms with Crippen molar-refractivity contribution >= 4 is 133 Å². The summed E-state index contributed by atoms with van der Waals surface area (Å²) in [5.41, 5.74) is 0.914. The molecule has 0 saturated heterocycles. The maximum Gasteiger partial charge on any atom is 0.268 e. The summed E-state index contributed by atoms with van der Waals surface area (Å²) >= 11 is 10.5. The second-order valence-electron chi connectivity index (χ2n) is 12.5. The molecular weight excluding hydrogens is 888 g/mol. The monoisotopic (exact) mass is 900 g/mol. The van der Waals surface area contributed by atoms with E-state index in [2.05, 4.69) is 62.7 Å². The Morgan fingerprint density at radius 1 is 0.333 bits per heavy atom. The number of benzene rings is 6. The number of carbonyl (C=O) groups excluding carboxylic acids is 6. The van der Waals surface area contributed by atoms with Crippen molar-refractivity contribution in [2.75, 3.05) is 14.7 Å². The molecule has 0 radical (unpaired) electrons. The lowest BCUT2D eigenvalue weighted by Gasteiger charge is -2.30. The first-order valence-corrected chi connectivity index (χ1v) is 18.5. The number of hydrogen-bond donors (Lipinski definition) is 0. The van der Waals surface area contributed by atoms with Gasteiger partial charge >= 0.3 is 0 Å². The van der Waals surface area contributed by atoms with E-state index >= 15 is 0 Å². The van der Waals surface area contributed by atoms with Gasteiger partial charge in [-0.15, -0.1) is 0 Å². The Balaban J connectivity index is 1.20. The highest BCUT2D eigenvalue weighted by Gasteiger charge is 2.43. The number of hydrogen-bond acceptors (Lipinski definition) is 9. The van der Waals surface area contributed by atoms with Gasteiger partial charge in [-0.05, 0) is 70.8 Å². The number of carbonyl (C=O) groups is 6. The number of halogens is 3. The van der Waals surface area contributed by atoms with Crippen LogP contribution in [-0.4, -0.2) is 50.4 Å². The van der Waals surface area contributed by atoms with Gasteiger partial charge in [0.15, 0.2) is 0 Å². The van der Waals surface area contributed by atoms with Crippen LogP contribution in [0.4, 0.5) is 17.8 Å². The van der Waals surface area contributed by atoms with E-state index in [4.69, 9.17) is 0 Å². The van der Waals surface area contributed by atoms with Crippen molar-refractivity contribution in [1.29, 1.82) is 0 Å². The quantitative estimate of drug-likeness (QED) is 0.161. The number of nitrogens with zero attached hydrogens (tertiary/aromatic N) is 6. The normalized spacial score (nSPS) is 15.1. The molecule has 54 heavy (non-hydrogen) atoms. The lowest BCUT2D eigenvalue weighted by molar-refractivity contribution is 0.0878. The van der Waals surface area contributed by atoms with Crippen LogP contribution in [0.1, 0.15) is 62.1 Å². The minimum Gasteiger partial charge on any atom is -0.268 e. The smallest absolute Gasteiger partial charge is 0.268 e. The Kier molecular flexibility index (Phi) is 6.93. The first-order chi connectivity index (χ1) is 26.0. The number of anilines is 3. The zero-order valence-corrected chi connectivity index (χ0v) is 31.7. The van der Waals surface area contributed by atoms with Crippen LogP contribution >= 0.6 is 47.8 Å². The fourth-order valence-corrected chi connectivity index (χ4v) is 8.76. The zero-order chi connectivity index (χ0) is 37.3. The number of amides is 6. The molecule has 0 spiro atoms. The summed E-state index contributed by atoms with van der Waals surface area (Å²) in [6, 6.07) is 24.5. The molecule has 3 aliphatic heterocycles. The van der Waals surface area contributed by atoms with Crippen molar-refractivity contribution in [3.05, 3.63) is 138 Å². The summed E-state index contributed by atoms with van der Waals surface area (Å²) in [5, 5.41) is 3.08. The van der Waals surface area contributed by atoms with Crippen molar-refractivity contribution in [1.82, 2.24) is 15.0 Å². The fraction of sp³-hybridized carbons (Fsp3) is 0. The number of imide groups is 3. The van der Waals surface area contributed by atoms with Gasteiger partial charge in [0.1, 0.15) is 0 Å². The Morgan fingerprint density at radius 2 is 0.574 bits per heavy atom. The van der Waals surface area contributed by atoms with Gasteiger partial charge in [-0.2, -0.15) is 15.0 Å². The first-order valence-electron chi connectivity index (χ1n) is 16.1. The molecule has 6 aromatic carbocycles. The average molecular weight is 903 g/mol. The summed E-state index contributed by atoms with van der Waals surface area (Å²) in [4.78, 5) is 101. The molecule has 0 bridgehead atoms. The fourth-order valence-electron chi connectivity index (χ4n) is 7.37. The SMILES string of the molecule is O=C1c2cccc3c(Br)ccc(c23)C(=O)N1c1nc(N2C(=O)c3cccc4c(Br)ccc(c34)C2=O)nc(N2C(=O)c3cccc4c(Br)ccc(c34)C2=O)n1. The van der Waals surface area contributed by atoms with Crippen LogP contribution in [0.2, 0.25) is 0 Å². The summed E-state index contributed by atoms with van der Waals surface area (Å²) in [5.74, 6) is -6.72. The van der Waals surface area contributed by atoms with Crippen LogP contribution in [0, 0.1) is 0 Å². The zero-order valence-electron chi connectivity index (χ0n) is 26.9. The summed E-state index contributed by atoms with van der Waals surface area (Å²) in [7, 11) is 0.